The van der Waals surface area contributed by atoms with Gasteiger partial charge in [-0.25, -0.2) is 13.9 Å². The van der Waals surface area contributed by atoms with Gasteiger partial charge in [-0.05, 0) is 47.9 Å². The van der Waals surface area contributed by atoms with E-state index in [1.807, 2.05) is 58.2 Å². The average molecular weight is 485 g/mol. The van der Waals surface area contributed by atoms with Crippen LogP contribution >= 0.6 is 0 Å². The minimum absolute atomic E-state index is 0.0165. The Kier molecular flexibility index (Phi) is 5.83. The fraction of sp³-hybridized carbons (Fsp3) is 0.222. The van der Waals surface area contributed by atoms with Crippen LogP contribution in [0.3, 0.4) is 0 Å². The van der Waals surface area contributed by atoms with E-state index in [1.54, 1.807) is 16.6 Å². The van der Waals surface area contributed by atoms with E-state index in [4.69, 9.17) is 4.52 Å². The van der Waals surface area contributed by atoms with Crippen LogP contribution in [0, 0.1) is 12.7 Å². The van der Waals surface area contributed by atoms with E-state index in [2.05, 4.69) is 25.5 Å². The Balaban J connectivity index is 1.36. The molecule has 1 N–H and O–H groups in total. The summed E-state index contributed by atoms with van der Waals surface area (Å²) in [5.41, 5.74) is 5.98. The van der Waals surface area contributed by atoms with Gasteiger partial charge < -0.3 is 9.84 Å². The van der Waals surface area contributed by atoms with Crippen LogP contribution in [0.15, 0.2) is 65.6 Å². The highest BCUT2D eigenvalue weighted by Gasteiger charge is 2.24. The van der Waals surface area contributed by atoms with Crippen LogP contribution in [0.25, 0.3) is 27.9 Å². The van der Waals surface area contributed by atoms with Gasteiger partial charge in [0.05, 0.1) is 11.2 Å². The molecular formula is C27H25FN6O2. The summed E-state index contributed by atoms with van der Waals surface area (Å²) in [5.74, 6) is -0.237. The summed E-state index contributed by atoms with van der Waals surface area (Å²) in [6, 6.07) is 14.3. The Bertz CT molecular complexity index is 1560. The Morgan fingerprint density at radius 3 is 2.50 bits per heavy atom. The van der Waals surface area contributed by atoms with Crippen LogP contribution in [0.5, 0.6) is 0 Å². The normalized spacial score (nSPS) is 11.7. The number of carbonyl (C=O) groups excluding carboxylic acids is 1. The summed E-state index contributed by atoms with van der Waals surface area (Å²) in [6.07, 6.45) is 3.41. The lowest BCUT2D eigenvalue weighted by molar-refractivity contribution is 0.0937. The maximum Gasteiger partial charge on any atom is 0.292 e. The summed E-state index contributed by atoms with van der Waals surface area (Å²) in [7, 11) is 0. The average Bonchev–Trinajstić information content (AvgIpc) is 3.51. The second-order valence-corrected chi connectivity index (χ2v) is 9.67. The number of rotatable bonds is 5. The van der Waals surface area contributed by atoms with Gasteiger partial charge in [0.2, 0.25) is 5.89 Å². The minimum atomic E-state index is -0.392. The molecule has 0 aliphatic heterocycles. The third kappa shape index (κ3) is 4.59. The lowest BCUT2D eigenvalue weighted by Crippen LogP contribution is -2.24. The molecule has 0 spiro atoms. The number of carbonyl (C=O) groups is 1. The number of nitrogens with one attached hydrogen (secondary N) is 1. The van der Waals surface area contributed by atoms with Crippen LogP contribution in [0.2, 0.25) is 0 Å². The van der Waals surface area contributed by atoms with E-state index in [9.17, 15) is 9.18 Å². The van der Waals surface area contributed by atoms with E-state index < -0.39 is 5.91 Å². The van der Waals surface area contributed by atoms with Crippen LogP contribution in [-0.4, -0.2) is 30.6 Å². The van der Waals surface area contributed by atoms with Crippen molar-refractivity contribution in [1.29, 1.82) is 0 Å². The molecule has 3 aromatic heterocycles. The highest BCUT2D eigenvalue weighted by Crippen LogP contribution is 2.29. The zero-order chi connectivity index (χ0) is 25.4. The van der Waals surface area contributed by atoms with E-state index in [0.717, 1.165) is 39.0 Å². The fourth-order valence-electron chi connectivity index (χ4n) is 3.87. The number of halogens is 1. The first-order valence-corrected chi connectivity index (χ1v) is 11.5. The molecule has 36 heavy (non-hydrogen) atoms. The molecule has 8 nitrogen and oxygen atoms in total. The molecule has 0 radical (unpaired) electrons. The molecule has 5 aromatic rings. The first-order valence-electron chi connectivity index (χ1n) is 11.5. The van der Waals surface area contributed by atoms with E-state index in [-0.39, 0.29) is 17.1 Å². The Hall–Kier alpha value is -4.40. The molecular weight excluding hydrogens is 459 g/mol. The van der Waals surface area contributed by atoms with Crippen LogP contribution in [0.4, 0.5) is 4.39 Å². The second kappa shape index (κ2) is 8.99. The third-order valence-corrected chi connectivity index (χ3v) is 5.91. The van der Waals surface area contributed by atoms with Gasteiger partial charge in [-0.3, -0.25) is 4.79 Å². The minimum Gasteiger partial charge on any atom is -0.345 e. The van der Waals surface area contributed by atoms with Crippen molar-refractivity contribution in [1.82, 2.24) is 30.1 Å². The summed E-state index contributed by atoms with van der Waals surface area (Å²) in [4.78, 5) is 21.2. The molecule has 0 saturated carbocycles. The number of amides is 1. The van der Waals surface area contributed by atoms with Gasteiger partial charge in [-0.1, -0.05) is 50.2 Å². The highest BCUT2D eigenvalue weighted by molar-refractivity contribution is 5.90. The molecule has 0 aliphatic carbocycles. The number of aromatic nitrogens is 5. The van der Waals surface area contributed by atoms with Crippen molar-refractivity contribution >= 4 is 11.4 Å². The summed E-state index contributed by atoms with van der Waals surface area (Å²) >= 11 is 0. The van der Waals surface area contributed by atoms with Crippen LogP contribution in [-0.2, 0) is 12.0 Å². The topological polar surface area (TPSA) is 98.2 Å². The second-order valence-electron chi connectivity index (χ2n) is 9.67. The molecule has 0 atom stereocenters. The SMILES string of the molecule is Cc1cc(-c2ncnn3cc(-c4ccc(F)cc4)cc23)ccc1CNC(=O)c1noc(C(C)(C)C)n1. The molecule has 182 valence electrons. The molecule has 2 aromatic carbocycles. The third-order valence-electron chi connectivity index (χ3n) is 5.91. The van der Waals surface area contributed by atoms with Crippen LogP contribution in [0.1, 0.15) is 48.4 Å². The van der Waals surface area contributed by atoms with Gasteiger partial charge in [0.1, 0.15) is 12.1 Å². The lowest BCUT2D eigenvalue weighted by atomic mass is 9.97. The van der Waals surface area contributed by atoms with E-state index in [1.165, 1.54) is 18.5 Å². The number of nitrogens with zero attached hydrogens (tertiary/aromatic N) is 5. The van der Waals surface area contributed by atoms with Crippen molar-refractivity contribution in [3.63, 3.8) is 0 Å². The number of benzene rings is 2. The van der Waals surface area contributed by atoms with E-state index in [0.29, 0.717) is 12.4 Å². The number of fused-ring (bicyclic) bond motifs is 1. The first kappa shape index (κ1) is 23.3. The molecule has 0 aliphatic rings. The smallest absolute Gasteiger partial charge is 0.292 e. The van der Waals surface area contributed by atoms with Gasteiger partial charge in [0.25, 0.3) is 11.7 Å². The molecule has 0 saturated heterocycles. The van der Waals surface area contributed by atoms with Crippen molar-refractivity contribution < 1.29 is 13.7 Å². The van der Waals surface area contributed by atoms with Crippen molar-refractivity contribution in [2.75, 3.05) is 0 Å². The van der Waals surface area contributed by atoms with Gasteiger partial charge >= 0.3 is 0 Å². The number of aryl methyl sites for hydroxylation is 1. The van der Waals surface area contributed by atoms with Gasteiger partial charge in [-0.15, -0.1) is 0 Å². The van der Waals surface area contributed by atoms with Crippen molar-refractivity contribution in [2.24, 2.45) is 0 Å². The molecule has 9 heteroatoms. The summed E-state index contributed by atoms with van der Waals surface area (Å²) in [5, 5.41) is 11.0. The van der Waals surface area contributed by atoms with Crippen LogP contribution < -0.4 is 5.32 Å². The monoisotopic (exact) mass is 484 g/mol. The quantitative estimate of drug-likeness (QED) is 0.372. The molecule has 5 rings (SSSR count). The van der Waals surface area contributed by atoms with Crippen molar-refractivity contribution in [3.8, 4) is 22.4 Å². The van der Waals surface area contributed by atoms with Crippen molar-refractivity contribution in [3.05, 3.63) is 89.7 Å². The zero-order valence-electron chi connectivity index (χ0n) is 20.4. The Morgan fingerprint density at radius 2 is 1.81 bits per heavy atom. The predicted octanol–water partition coefficient (Wildman–Crippen LogP) is 5.12. The Labute approximate surface area is 207 Å². The summed E-state index contributed by atoms with van der Waals surface area (Å²) in [6.45, 7) is 8.13. The van der Waals surface area contributed by atoms with Gasteiger partial charge in [0.15, 0.2) is 0 Å². The van der Waals surface area contributed by atoms with Gasteiger partial charge in [0, 0.05) is 29.3 Å². The molecule has 1 amide bonds. The largest absolute Gasteiger partial charge is 0.345 e. The predicted molar refractivity (Wildman–Crippen MR) is 133 cm³/mol. The van der Waals surface area contributed by atoms with Crippen molar-refractivity contribution in [2.45, 2.75) is 39.7 Å². The van der Waals surface area contributed by atoms with E-state index >= 15 is 0 Å². The zero-order valence-corrected chi connectivity index (χ0v) is 20.4. The van der Waals surface area contributed by atoms with Gasteiger partial charge in [-0.2, -0.15) is 10.1 Å². The number of hydrogen-bond acceptors (Lipinski definition) is 6. The maximum absolute atomic E-state index is 13.3. The molecule has 0 fully saturated rings. The standard InChI is InChI=1S/C27H25FN6O2/c1-16-11-18(5-6-19(16)13-29-25(35)24-32-26(36-33-24)27(2,3)4)23-22-12-20(14-34(22)31-15-30-23)17-7-9-21(28)10-8-17/h5-12,14-15H,13H2,1-4H3,(H,29,35). The first-order chi connectivity index (χ1) is 17.2. The Morgan fingerprint density at radius 1 is 1.06 bits per heavy atom. The molecule has 0 bridgehead atoms. The fourth-order valence-corrected chi connectivity index (χ4v) is 3.87. The summed E-state index contributed by atoms with van der Waals surface area (Å²) < 4.78 is 20.3. The highest BCUT2D eigenvalue weighted by atomic mass is 19.1. The number of hydrogen-bond donors (Lipinski definition) is 1. The lowest BCUT2D eigenvalue weighted by Gasteiger charge is -2.10. The molecule has 0 unspecified atom stereocenters. The molecule has 3 heterocycles. The maximum atomic E-state index is 13.3.